The van der Waals surface area contributed by atoms with Crippen molar-refractivity contribution < 1.29 is 4.42 Å². The minimum atomic E-state index is 0.609. The van der Waals surface area contributed by atoms with Gasteiger partial charge in [0.05, 0.1) is 6.26 Å². The van der Waals surface area contributed by atoms with Crippen LogP contribution in [0.1, 0.15) is 11.1 Å². The predicted octanol–water partition coefficient (Wildman–Crippen LogP) is 2.79. The lowest BCUT2D eigenvalue weighted by Crippen LogP contribution is -1.94. The minimum Gasteiger partial charge on any atom is -0.462 e. The maximum Gasteiger partial charge on any atom is 0.158 e. The minimum absolute atomic E-state index is 0.609. The molecule has 0 spiro atoms. The highest BCUT2D eigenvalue weighted by atomic mass is 16.3. The molecule has 0 aliphatic carbocycles. The lowest BCUT2D eigenvalue weighted by molar-refractivity contribution is 0.579. The van der Waals surface area contributed by atoms with Gasteiger partial charge in [-0.25, -0.2) is 4.98 Å². The first-order valence-corrected chi connectivity index (χ1v) is 5.45. The molecule has 0 aliphatic heterocycles. The summed E-state index contributed by atoms with van der Waals surface area (Å²) in [6.45, 7) is 4.01. The van der Waals surface area contributed by atoms with E-state index in [0.29, 0.717) is 11.5 Å². The highest BCUT2D eigenvalue weighted by molar-refractivity contribution is 5.73. The van der Waals surface area contributed by atoms with Crippen LogP contribution in [0.3, 0.4) is 0 Å². The lowest BCUT2D eigenvalue weighted by Gasteiger charge is -1.97. The number of furan rings is 1. The molecule has 3 aromatic heterocycles. The van der Waals surface area contributed by atoms with E-state index in [1.165, 1.54) is 0 Å². The van der Waals surface area contributed by atoms with Crippen molar-refractivity contribution in [3.63, 3.8) is 0 Å². The Morgan fingerprint density at radius 2 is 2.12 bits per heavy atom. The van der Waals surface area contributed by atoms with Gasteiger partial charge < -0.3 is 10.2 Å². The third-order valence-corrected chi connectivity index (χ3v) is 2.90. The summed E-state index contributed by atoms with van der Waals surface area (Å²) in [5, 5.41) is 0. The first-order chi connectivity index (χ1) is 8.16. The zero-order valence-corrected chi connectivity index (χ0v) is 9.77. The van der Waals surface area contributed by atoms with Crippen molar-refractivity contribution in [3.05, 3.63) is 41.8 Å². The molecule has 3 rings (SSSR count). The number of aromatic nitrogens is 2. The molecule has 0 fully saturated rings. The number of hydrogen-bond acceptors (Lipinski definition) is 3. The van der Waals surface area contributed by atoms with Gasteiger partial charge in [-0.3, -0.25) is 4.40 Å². The molecule has 0 radical (unpaired) electrons. The van der Waals surface area contributed by atoms with Crippen molar-refractivity contribution in [2.45, 2.75) is 13.8 Å². The van der Waals surface area contributed by atoms with Crippen LogP contribution in [0.25, 0.3) is 17.1 Å². The standard InChI is InChI=1S/C13H13N3O/c1-8-3-5-16-10(7-8)15-11(13(16)14)12-9(2)4-6-17-12/h3-7H,14H2,1-2H3. The van der Waals surface area contributed by atoms with E-state index in [0.717, 1.165) is 22.5 Å². The fourth-order valence-corrected chi connectivity index (χ4v) is 1.95. The Hall–Kier alpha value is -2.23. The quantitative estimate of drug-likeness (QED) is 0.695. The Morgan fingerprint density at radius 3 is 2.82 bits per heavy atom. The van der Waals surface area contributed by atoms with E-state index in [-0.39, 0.29) is 0 Å². The summed E-state index contributed by atoms with van der Waals surface area (Å²) in [4.78, 5) is 4.52. The Balaban J connectivity index is 2.31. The van der Waals surface area contributed by atoms with E-state index >= 15 is 0 Å². The Bertz CT molecular complexity index is 694. The van der Waals surface area contributed by atoms with Crippen LogP contribution in [0.2, 0.25) is 0 Å². The van der Waals surface area contributed by atoms with Gasteiger partial charge in [0.2, 0.25) is 0 Å². The first-order valence-electron chi connectivity index (χ1n) is 5.45. The number of aryl methyl sites for hydroxylation is 2. The van der Waals surface area contributed by atoms with Crippen LogP contribution in [0.5, 0.6) is 0 Å². The number of anilines is 1. The van der Waals surface area contributed by atoms with Crippen molar-refractivity contribution in [2.75, 3.05) is 5.73 Å². The summed E-state index contributed by atoms with van der Waals surface area (Å²) >= 11 is 0. The third-order valence-electron chi connectivity index (χ3n) is 2.90. The van der Waals surface area contributed by atoms with Gasteiger partial charge in [-0.15, -0.1) is 0 Å². The normalized spacial score (nSPS) is 11.2. The van der Waals surface area contributed by atoms with Crippen molar-refractivity contribution in [2.24, 2.45) is 0 Å². The van der Waals surface area contributed by atoms with E-state index < -0.39 is 0 Å². The lowest BCUT2D eigenvalue weighted by atomic mass is 10.2. The summed E-state index contributed by atoms with van der Waals surface area (Å²) in [6.07, 6.45) is 3.58. The predicted molar refractivity (Wildman–Crippen MR) is 66.8 cm³/mol. The third kappa shape index (κ3) is 1.41. The van der Waals surface area contributed by atoms with Crippen LogP contribution in [0, 0.1) is 13.8 Å². The molecule has 0 amide bonds. The van der Waals surface area contributed by atoms with E-state index in [1.807, 2.05) is 42.6 Å². The van der Waals surface area contributed by atoms with Crippen LogP contribution < -0.4 is 5.73 Å². The molecule has 3 heterocycles. The Labute approximate surface area is 98.7 Å². The molecule has 4 nitrogen and oxygen atoms in total. The highest BCUT2D eigenvalue weighted by Crippen LogP contribution is 2.29. The summed E-state index contributed by atoms with van der Waals surface area (Å²) in [7, 11) is 0. The number of pyridine rings is 1. The molecule has 3 aromatic rings. The van der Waals surface area contributed by atoms with E-state index in [1.54, 1.807) is 6.26 Å². The Morgan fingerprint density at radius 1 is 1.29 bits per heavy atom. The van der Waals surface area contributed by atoms with E-state index in [9.17, 15) is 0 Å². The second kappa shape index (κ2) is 3.38. The zero-order valence-electron chi connectivity index (χ0n) is 9.77. The van der Waals surface area contributed by atoms with Crippen LogP contribution in [-0.4, -0.2) is 9.38 Å². The molecule has 0 saturated carbocycles. The molecule has 0 aliphatic rings. The molecule has 2 N–H and O–H groups in total. The van der Waals surface area contributed by atoms with Crippen LogP contribution in [-0.2, 0) is 0 Å². The molecule has 4 heteroatoms. The number of nitrogens with two attached hydrogens (primary N) is 1. The highest BCUT2D eigenvalue weighted by Gasteiger charge is 2.15. The van der Waals surface area contributed by atoms with Crippen LogP contribution in [0.15, 0.2) is 35.1 Å². The monoisotopic (exact) mass is 227 g/mol. The number of rotatable bonds is 1. The molecule has 0 atom stereocenters. The van der Waals surface area contributed by atoms with Gasteiger partial charge in [-0.2, -0.15) is 0 Å². The van der Waals surface area contributed by atoms with Crippen LogP contribution in [0.4, 0.5) is 5.82 Å². The van der Waals surface area contributed by atoms with Gasteiger partial charge in [-0.1, -0.05) is 0 Å². The molecule has 0 unspecified atom stereocenters. The fraction of sp³-hybridized carbons (Fsp3) is 0.154. The molecule has 86 valence electrons. The number of nitrogens with zero attached hydrogens (tertiary/aromatic N) is 2. The van der Waals surface area contributed by atoms with Crippen LogP contribution >= 0.6 is 0 Å². The molecule has 17 heavy (non-hydrogen) atoms. The SMILES string of the molecule is Cc1ccn2c(N)c(-c3occc3C)nc2c1. The van der Waals surface area contributed by atoms with E-state index in [2.05, 4.69) is 4.98 Å². The molecular weight excluding hydrogens is 214 g/mol. The second-order valence-corrected chi connectivity index (χ2v) is 4.21. The van der Waals surface area contributed by atoms with Crippen molar-refractivity contribution in [1.29, 1.82) is 0 Å². The fourth-order valence-electron chi connectivity index (χ4n) is 1.95. The van der Waals surface area contributed by atoms with E-state index in [4.69, 9.17) is 10.2 Å². The first kappa shape index (κ1) is 9.96. The smallest absolute Gasteiger partial charge is 0.158 e. The summed E-state index contributed by atoms with van der Waals surface area (Å²) < 4.78 is 7.30. The Kier molecular flexibility index (Phi) is 1.98. The van der Waals surface area contributed by atoms with Gasteiger partial charge in [0.1, 0.15) is 17.2 Å². The molecule has 0 saturated heterocycles. The largest absolute Gasteiger partial charge is 0.462 e. The maximum atomic E-state index is 6.09. The van der Waals surface area contributed by atoms with Gasteiger partial charge in [0.15, 0.2) is 5.76 Å². The zero-order chi connectivity index (χ0) is 12.0. The molecular formula is C13H13N3O. The summed E-state index contributed by atoms with van der Waals surface area (Å²) in [5.74, 6) is 1.35. The average Bonchev–Trinajstić information content (AvgIpc) is 2.83. The number of imidazole rings is 1. The summed E-state index contributed by atoms with van der Waals surface area (Å²) in [5.41, 5.74) is 9.83. The van der Waals surface area contributed by atoms with Gasteiger partial charge in [0, 0.05) is 6.20 Å². The summed E-state index contributed by atoms with van der Waals surface area (Å²) in [6, 6.07) is 5.91. The second-order valence-electron chi connectivity index (χ2n) is 4.21. The number of hydrogen-bond donors (Lipinski definition) is 1. The van der Waals surface area contributed by atoms with Crippen molar-refractivity contribution in [3.8, 4) is 11.5 Å². The molecule has 0 bridgehead atoms. The van der Waals surface area contributed by atoms with Crippen molar-refractivity contribution in [1.82, 2.24) is 9.38 Å². The average molecular weight is 227 g/mol. The topological polar surface area (TPSA) is 56.5 Å². The molecule has 0 aromatic carbocycles. The van der Waals surface area contributed by atoms with Crippen molar-refractivity contribution >= 4 is 11.5 Å². The van der Waals surface area contributed by atoms with Gasteiger partial charge in [-0.05, 0) is 43.2 Å². The number of fused-ring (bicyclic) bond motifs is 1. The number of nitrogen functional groups attached to an aromatic ring is 1. The maximum absolute atomic E-state index is 6.09. The van der Waals surface area contributed by atoms with Gasteiger partial charge >= 0.3 is 0 Å². The van der Waals surface area contributed by atoms with Gasteiger partial charge in [0.25, 0.3) is 0 Å².